The summed E-state index contributed by atoms with van der Waals surface area (Å²) < 4.78 is 1.09. The molecule has 0 aliphatic heterocycles. The van der Waals surface area contributed by atoms with Crippen LogP contribution in [-0.2, 0) is 13.0 Å². The van der Waals surface area contributed by atoms with E-state index in [1.54, 1.807) is 0 Å². The van der Waals surface area contributed by atoms with Crippen LogP contribution in [0.3, 0.4) is 0 Å². The second kappa shape index (κ2) is 7.24. The van der Waals surface area contributed by atoms with Gasteiger partial charge in [0.1, 0.15) is 17.5 Å². The van der Waals surface area contributed by atoms with Crippen LogP contribution in [0, 0.1) is 0 Å². The second-order valence-corrected chi connectivity index (χ2v) is 5.34. The minimum absolute atomic E-state index is 0.741. The van der Waals surface area contributed by atoms with Crippen LogP contribution >= 0.6 is 15.9 Å². The Morgan fingerprint density at radius 1 is 1.05 bits per heavy atom. The minimum atomic E-state index is 0.741. The van der Waals surface area contributed by atoms with E-state index < -0.39 is 0 Å². The number of aryl methyl sites for hydroxylation is 1. The molecule has 0 atom stereocenters. The normalized spacial score (nSPS) is 10.3. The Labute approximate surface area is 128 Å². The number of benzene rings is 1. The molecule has 0 aliphatic rings. The molecule has 0 bridgehead atoms. The van der Waals surface area contributed by atoms with E-state index in [1.165, 1.54) is 5.56 Å². The monoisotopic (exact) mass is 334 g/mol. The molecule has 0 radical (unpaired) electrons. The van der Waals surface area contributed by atoms with Crippen molar-refractivity contribution in [3.05, 3.63) is 46.2 Å². The van der Waals surface area contributed by atoms with Crippen LogP contribution in [0.2, 0.25) is 0 Å². The van der Waals surface area contributed by atoms with Crippen molar-refractivity contribution in [1.82, 2.24) is 9.97 Å². The zero-order chi connectivity index (χ0) is 14.4. The predicted octanol–water partition coefficient (Wildman–Crippen LogP) is 3.85. The van der Waals surface area contributed by atoms with Crippen molar-refractivity contribution in [2.75, 3.05) is 17.2 Å². The zero-order valence-electron chi connectivity index (χ0n) is 11.8. The van der Waals surface area contributed by atoms with Gasteiger partial charge in [-0.1, -0.05) is 35.0 Å². The largest absolute Gasteiger partial charge is 0.370 e. The van der Waals surface area contributed by atoms with E-state index >= 15 is 0 Å². The first-order valence-corrected chi connectivity index (χ1v) is 7.60. The summed E-state index contributed by atoms with van der Waals surface area (Å²) in [6, 6.07) is 10.2. The molecule has 1 heterocycles. The Kier molecular flexibility index (Phi) is 5.35. The maximum atomic E-state index is 4.50. The minimum Gasteiger partial charge on any atom is -0.370 e. The highest BCUT2D eigenvalue weighted by Gasteiger charge is 2.03. The molecule has 0 fully saturated rings. The second-order valence-electron chi connectivity index (χ2n) is 4.42. The SMILES string of the molecule is CCNc1cc(NCc2cccc(Br)c2)nc(CC)n1. The number of hydrogen-bond donors (Lipinski definition) is 2. The first-order valence-electron chi connectivity index (χ1n) is 6.81. The lowest BCUT2D eigenvalue weighted by Gasteiger charge is -2.10. The Balaban J connectivity index is 2.10. The number of nitrogens with zero attached hydrogens (tertiary/aromatic N) is 2. The van der Waals surface area contributed by atoms with Crippen molar-refractivity contribution < 1.29 is 0 Å². The van der Waals surface area contributed by atoms with Crippen LogP contribution in [0.4, 0.5) is 11.6 Å². The molecule has 1 aromatic carbocycles. The molecule has 2 rings (SSSR count). The first-order chi connectivity index (χ1) is 9.71. The number of anilines is 2. The van der Waals surface area contributed by atoms with Gasteiger partial charge in [-0.25, -0.2) is 9.97 Å². The van der Waals surface area contributed by atoms with Crippen molar-refractivity contribution in [3.8, 4) is 0 Å². The van der Waals surface area contributed by atoms with Crippen LogP contribution in [0.5, 0.6) is 0 Å². The molecule has 0 saturated carbocycles. The maximum absolute atomic E-state index is 4.50. The van der Waals surface area contributed by atoms with Gasteiger partial charge in [0, 0.05) is 30.0 Å². The highest BCUT2D eigenvalue weighted by atomic mass is 79.9. The summed E-state index contributed by atoms with van der Waals surface area (Å²) in [7, 11) is 0. The van der Waals surface area contributed by atoms with Crippen LogP contribution in [-0.4, -0.2) is 16.5 Å². The molecule has 0 amide bonds. The molecule has 0 unspecified atom stereocenters. The van der Waals surface area contributed by atoms with Gasteiger partial charge in [0.25, 0.3) is 0 Å². The number of halogens is 1. The van der Waals surface area contributed by atoms with Gasteiger partial charge in [0.2, 0.25) is 0 Å². The van der Waals surface area contributed by atoms with E-state index in [1.807, 2.05) is 18.2 Å². The van der Waals surface area contributed by atoms with Crippen molar-refractivity contribution in [3.63, 3.8) is 0 Å². The Bertz CT molecular complexity index is 572. The molecule has 106 valence electrons. The maximum Gasteiger partial charge on any atom is 0.132 e. The lowest BCUT2D eigenvalue weighted by molar-refractivity contribution is 0.929. The summed E-state index contributed by atoms with van der Waals surface area (Å²) in [6.07, 6.45) is 0.824. The van der Waals surface area contributed by atoms with Gasteiger partial charge < -0.3 is 10.6 Å². The molecule has 4 nitrogen and oxygen atoms in total. The predicted molar refractivity (Wildman–Crippen MR) is 87.0 cm³/mol. The van der Waals surface area contributed by atoms with Crippen LogP contribution in [0.25, 0.3) is 0 Å². The van der Waals surface area contributed by atoms with E-state index in [0.717, 1.165) is 41.4 Å². The van der Waals surface area contributed by atoms with Crippen LogP contribution in [0.15, 0.2) is 34.8 Å². The fourth-order valence-electron chi connectivity index (χ4n) is 1.86. The van der Waals surface area contributed by atoms with Gasteiger partial charge in [-0.05, 0) is 24.6 Å². The molecule has 2 aromatic rings. The Hall–Kier alpha value is -1.62. The smallest absolute Gasteiger partial charge is 0.132 e. The number of rotatable bonds is 6. The first kappa shape index (κ1) is 14.8. The standard InChI is InChI=1S/C15H19BrN4/c1-3-13-19-14(17-4-2)9-15(20-13)18-10-11-6-5-7-12(16)8-11/h5-9H,3-4,10H2,1-2H3,(H2,17,18,19,20). The van der Waals surface area contributed by atoms with Gasteiger partial charge in [-0.2, -0.15) is 0 Å². The topological polar surface area (TPSA) is 49.8 Å². The Morgan fingerprint density at radius 3 is 2.45 bits per heavy atom. The lowest BCUT2D eigenvalue weighted by atomic mass is 10.2. The molecule has 5 heteroatoms. The van der Waals surface area contributed by atoms with Crippen molar-refractivity contribution in [2.24, 2.45) is 0 Å². The molecule has 0 spiro atoms. The average Bonchev–Trinajstić information content (AvgIpc) is 2.45. The number of hydrogen-bond acceptors (Lipinski definition) is 4. The van der Waals surface area contributed by atoms with Crippen LogP contribution < -0.4 is 10.6 Å². The van der Waals surface area contributed by atoms with Crippen molar-refractivity contribution in [1.29, 1.82) is 0 Å². The van der Waals surface area contributed by atoms with E-state index in [2.05, 4.69) is 62.5 Å². The van der Waals surface area contributed by atoms with Gasteiger partial charge in [0.05, 0.1) is 0 Å². The summed E-state index contributed by atoms with van der Waals surface area (Å²) in [5.41, 5.74) is 1.21. The summed E-state index contributed by atoms with van der Waals surface area (Å²) >= 11 is 3.48. The average molecular weight is 335 g/mol. The van der Waals surface area contributed by atoms with E-state index in [9.17, 15) is 0 Å². The highest BCUT2D eigenvalue weighted by Crippen LogP contribution is 2.15. The van der Waals surface area contributed by atoms with Crippen molar-refractivity contribution >= 4 is 27.6 Å². The highest BCUT2D eigenvalue weighted by molar-refractivity contribution is 9.10. The van der Waals surface area contributed by atoms with E-state index in [0.29, 0.717) is 0 Å². The quantitative estimate of drug-likeness (QED) is 0.842. The fraction of sp³-hybridized carbons (Fsp3) is 0.333. The number of aromatic nitrogens is 2. The van der Waals surface area contributed by atoms with Crippen LogP contribution in [0.1, 0.15) is 25.2 Å². The molecular weight excluding hydrogens is 316 g/mol. The number of nitrogens with one attached hydrogen (secondary N) is 2. The molecule has 2 N–H and O–H groups in total. The molecular formula is C15H19BrN4. The zero-order valence-corrected chi connectivity index (χ0v) is 13.4. The summed E-state index contributed by atoms with van der Waals surface area (Å²) in [6.45, 7) is 5.71. The third-order valence-corrected chi connectivity index (χ3v) is 3.30. The van der Waals surface area contributed by atoms with Gasteiger partial charge >= 0.3 is 0 Å². The van der Waals surface area contributed by atoms with E-state index in [4.69, 9.17) is 0 Å². The summed E-state index contributed by atoms with van der Waals surface area (Å²) in [5, 5.41) is 6.58. The molecule has 0 aliphatic carbocycles. The van der Waals surface area contributed by atoms with Crippen molar-refractivity contribution in [2.45, 2.75) is 26.8 Å². The van der Waals surface area contributed by atoms with Gasteiger partial charge in [-0.3, -0.25) is 0 Å². The van der Waals surface area contributed by atoms with Gasteiger partial charge in [0.15, 0.2) is 0 Å². The molecule has 1 aromatic heterocycles. The third-order valence-electron chi connectivity index (χ3n) is 2.81. The molecule has 0 saturated heterocycles. The van der Waals surface area contributed by atoms with Gasteiger partial charge in [-0.15, -0.1) is 0 Å². The van der Waals surface area contributed by atoms with E-state index in [-0.39, 0.29) is 0 Å². The Morgan fingerprint density at radius 2 is 1.80 bits per heavy atom. The fourth-order valence-corrected chi connectivity index (χ4v) is 2.30. The molecule has 20 heavy (non-hydrogen) atoms. The summed E-state index contributed by atoms with van der Waals surface area (Å²) in [5.74, 6) is 2.57. The lowest BCUT2D eigenvalue weighted by Crippen LogP contribution is -2.07. The summed E-state index contributed by atoms with van der Waals surface area (Å²) in [4.78, 5) is 8.94. The third kappa shape index (κ3) is 4.20.